The van der Waals surface area contributed by atoms with E-state index in [1.54, 1.807) is 11.8 Å². The molecule has 2 fully saturated rings. The molecule has 2 aliphatic rings. The largest absolute Gasteiger partial charge is 0.457 e. The molecule has 7 heteroatoms. The van der Waals surface area contributed by atoms with Crippen LogP contribution < -0.4 is 0 Å². The van der Waals surface area contributed by atoms with Crippen LogP contribution in [0.3, 0.4) is 0 Å². The van der Waals surface area contributed by atoms with Crippen molar-refractivity contribution in [3.63, 3.8) is 0 Å². The minimum absolute atomic E-state index is 0.0548. The van der Waals surface area contributed by atoms with E-state index in [0.717, 1.165) is 48.6 Å². The number of morpholine rings is 1. The van der Waals surface area contributed by atoms with Crippen LogP contribution in [0.25, 0.3) is 11.6 Å². The van der Waals surface area contributed by atoms with Crippen molar-refractivity contribution < 1.29 is 9.15 Å². The van der Waals surface area contributed by atoms with Crippen molar-refractivity contribution in [2.45, 2.75) is 43.6 Å². The summed E-state index contributed by atoms with van der Waals surface area (Å²) in [4.78, 5) is 7.13. The summed E-state index contributed by atoms with van der Waals surface area (Å²) in [6, 6.07) is 4.49. The van der Waals surface area contributed by atoms with Gasteiger partial charge in [-0.2, -0.15) is 16.9 Å². The van der Waals surface area contributed by atoms with Crippen LogP contribution in [0.2, 0.25) is 0 Å². The van der Waals surface area contributed by atoms with Crippen LogP contribution in [-0.2, 0) is 10.5 Å². The van der Waals surface area contributed by atoms with Gasteiger partial charge in [-0.05, 0) is 38.3 Å². The van der Waals surface area contributed by atoms with E-state index in [2.05, 4.69) is 22.9 Å². The molecule has 25 heavy (non-hydrogen) atoms. The molecular weight excluding hydrogens is 336 g/mol. The van der Waals surface area contributed by atoms with Crippen molar-refractivity contribution in [3.8, 4) is 11.6 Å². The number of ether oxygens (including phenoxy) is 1. The van der Waals surface area contributed by atoms with Crippen LogP contribution in [0.5, 0.6) is 0 Å². The normalized spacial score (nSPS) is 22.7. The summed E-state index contributed by atoms with van der Waals surface area (Å²) in [7, 11) is 2.12. The SMILES string of the molecule is CSCc1ccc(-c2nc(C3CN(C)CCO3)nn2C2CCCC2)o1. The summed E-state index contributed by atoms with van der Waals surface area (Å²) in [6.45, 7) is 2.53. The summed E-state index contributed by atoms with van der Waals surface area (Å²) < 4.78 is 14.1. The highest BCUT2D eigenvalue weighted by atomic mass is 32.2. The Morgan fingerprint density at radius 1 is 1.28 bits per heavy atom. The average molecular weight is 362 g/mol. The maximum absolute atomic E-state index is 6.04. The Morgan fingerprint density at radius 3 is 2.88 bits per heavy atom. The fourth-order valence-electron chi connectivity index (χ4n) is 3.70. The fraction of sp³-hybridized carbons (Fsp3) is 0.667. The molecule has 0 N–H and O–H groups in total. The van der Waals surface area contributed by atoms with Crippen LogP contribution in [0.4, 0.5) is 0 Å². The second-order valence-corrected chi connectivity index (χ2v) is 7.86. The van der Waals surface area contributed by atoms with Gasteiger partial charge in [0.2, 0.25) is 0 Å². The molecule has 2 aromatic rings. The Balaban J connectivity index is 1.67. The number of thioether (sulfide) groups is 1. The summed E-state index contributed by atoms with van der Waals surface area (Å²) in [6.07, 6.45) is 6.88. The van der Waals surface area contributed by atoms with Gasteiger partial charge in [-0.25, -0.2) is 9.67 Å². The van der Waals surface area contributed by atoms with Gasteiger partial charge in [-0.15, -0.1) is 0 Å². The lowest BCUT2D eigenvalue weighted by Gasteiger charge is -2.28. The van der Waals surface area contributed by atoms with Gasteiger partial charge in [0, 0.05) is 13.1 Å². The number of furan rings is 1. The Bertz CT molecular complexity index is 708. The summed E-state index contributed by atoms with van der Waals surface area (Å²) in [5, 5.41) is 4.87. The van der Waals surface area contributed by atoms with Crippen molar-refractivity contribution in [3.05, 3.63) is 23.7 Å². The number of hydrogen-bond donors (Lipinski definition) is 0. The zero-order valence-electron chi connectivity index (χ0n) is 15.0. The number of rotatable bonds is 5. The summed E-state index contributed by atoms with van der Waals surface area (Å²) in [5.74, 6) is 4.32. The van der Waals surface area contributed by atoms with Crippen molar-refractivity contribution in [1.82, 2.24) is 19.7 Å². The lowest BCUT2D eigenvalue weighted by molar-refractivity contribution is -0.0255. The Labute approximate surface area is 152 Å². The Kier molecular flexibility index (Phi) is 5.15. The van der Waals surface area contributed by atoms with Gasteiger partial charge in [0.15, 0.2) is 17.4 Å². The molecule has 0 aromatic carbocycles. The van der Waals surface area contributed by atoms with E-state index in [-0.39, 0.29) is 6.10 Å². The van der Waals surface area contributed by atoms with Gasteiger partial charge in [-0.3, -0.25) is 0 Å². The Morgan fingerprint density at radius 2 is 2.12 bits per heavy atom. The minimum Gasteiger partial charge on any atom is -0.457 e. The molecule has 136 valence electrons. The van der Waals surface area contributed by atoms with Gasteiger partial charge in [-0.1, -0.05) is 12.8 Å². The molecule has 3 heterocycles. The number of nitrogens with zero attached hydrogens (tertiary/aromatic N) is 4. The third-order valence-electron chi connectivity index (χ3n) is 5.04. The van der Waals surface area contributed by atoms with Gasteiger partial charge >= 0.3 is 0 Å². The van der Waals surface area contributed by atoms with Gasteiger partial charge in [0.05, 0.1) is 18.4 Å². The zero-order valence-corrected chi connectivity index (χ0v) is 15.8. The highest BCUT2D eigenvalue weighted by Crippen LogP contribution is 2.34. The summed E-state index contributed by atoms with van der Waals surface area (Å²) >= 11 is 1.76. The van der Waals surface area contributed by atoms with Crippen LogP contribution in [-0.4, -0.2) is 52.7 Å². The van der Waals surface area contributed by atoms with Crippen molar-refractivity contribution in [1.29, 1.82) is 0 Å². The number of aromatic nitrogens is 3. The first kappa shape index (κ1) is 17.1. The van der Waals surface area contributed by atoms with E-state index in [1.807, 2.05) is 12.1 Å². The monoisotopic (exact) mass is 362 g/mol. The second kappa shape index (κ2) is 7.51. The maximum atomic E-state index is 6.04. The molecule has 1 aliphatic heterocycles. The van der Waals surface area contributed by atoms with Crippen LogP contribution in [0, 0.1) is 0 Å². The molecule has 4 rings (SSSR count). The van der Waals surface area contributed by atoms with E-state index >= 15 is 0 Å². The van der Waals surface area contributed by atoms with Gasteiger partial charge < -0.3 is 14.1 Å². The van der Waals surface area contributed by atoms with Gasteiger partial charge in [0.25, 0.3) is 0 Å². The lowest BCUT2D eigenvalue weighted by Crippen LogP contribution is -2.35. The maximum Gasteiger partial charge on any atom is 0.194 e. The molecule has 1 aliphatic carbocycles. The zero-order chi connectivity index (χ0) is 17.2. The van der Waals surface area contributed by atoms with E-state index in [1.165, 1.54) is 25.7 Å². The van der Waals surface area contributed by atoms with Crippen LogP contribution in [0.15, 0.2) is 16.5 Å². The lowest BCUT2D eigenvalue weighted by atomic mass is 10.2. The third kappa shape index (κ3) is 3.64. The molecule has 6 nitrogen and oxygen atoms in total. The molecule has 0 amide bonds. The van der Waals surface area contributed by atoms with E-state index in [0.29, 0.717) is 6.04 Å². The quantitative estimate of drug-likeness (QED) is 0.811. The third-order valence-corrected chi connectivity index (χ3v) is 5.62. The first-order valence-electron chi connectivity index (χ1n) is 9.09. The molecule has 1 saturated carbocycles. The topological polar surface area (TPSA) is 56.3 Å². The second-order valence-electron chi connectivity index (χ2n) is 7.00. The van der Waals surface area contributed by atoms with Crippen LogP contribution >= 0.6 is 11.8 Å². The number of likely N-dealkylation sites (N-methyl/N-ethyl adjacent to an activating group) is 1. The first-order chi connectivity index (χ1) is 12.2. The van der Waals surface area contributed by atoms with Gasteiger partial charge in [0.1, 0.15) is 11.9 Å². The molecule has 0 bridgehead atoms. The fourth-order valence-corrected chi connectivity index (χ4v) is 4.14. The van der Waals surface area contributed by atoms with Crippen LogP contribution in [0.1, 0.15) is 49.4 Å². The highest BCUT2D eigenvalue weighted by molar-refractivity contribution is 7.97. The molecular formula is C18H26N4O2S. The van der Waals surface area contributed by atoms with Crippen molar-refractivity contribution in [2.75, 3.05) is 33.0 Å². The van der Waals surface area contributed by atoms with E-state index in [9.17, 15) is 0 Å². The predicted molar refractivity (Wildman–Crippen MR) is 98.6 cm³/mol. The molecule has 1 saturated heterocycles. The molecule has 0 spiro atoms. The highest BCUT2D eigenvalue weighted by Gasteiger charge is 2.29. The van der Waals surface area contributed by atoms with E-state index < -0.39 is 0 Å². The molecule has 2 aromatic heterocycles. The van der Waals surface area contributed by atoms with E-state index in [4.69, 9.17) is 19.2 Å². The van der Waals surface area contributed by atoms with Crippen molar-refractivity contribution in [2.24, 2.45) is 0 Å². The summed E-state index contributed by atoms with van der Waals surface area (Å²) in [5.41, 5.74) is 0. The average Bonchev–Trinajstić information content (AvgIpc) is 3.35. The molecule has 1 atom stereocenters. The predicted octanol–water partition coefficient (Wildman–Crippen LogP) is 3.52. The molecule has 1 unspecified atom stereocenters. The Hall–Kier alpha value is -1.31. The first-order valence-corrected chi connectivity index (χ1v) is 10.5. The molecule has 0 radical (unpaired) electrons. The smallest absolute Gasteiger partial charge is 0.194 e. The minimum atomic E-state index is -0.0548. The van der Waals surface area contributed by atoms with Crippen molar-refractivity contribution >= 4 is 11.8 Å². The number of hydrogen-bond acceptors (Lipinski definition) is 6. The standard InChI is InChI=1S/C18H26N4O2S/c1-21-9-10-23-16(11-21)17-19-18(15-8-7-14(24-15)12-25-2)22(20-17)13-5-3-4-6-13/h7-8,13,16H,3-6,9-12H2,1-2H3.